The van der Waals surface area contributed by atoms with Crippen molar-refractivity contribution in [2.75, 3.05) is 0 Å². The highest BCUT2D eigenvalue weighted by Crippen LogP contribution is 2.19. The molecular formula is C10H9BrO4. The molecule has 1 rings (SSSR count). The number of carbonyl (C=O) groups excluding carboxylic acids is 1. The Morgan fingerprint density at radius 3 is 2.13 bits per heavy atom. The molecule has 80 valence electrons. The van der Waals surface area contributed by atoms with Gasteiger partial charge < -0.3 is 8.93 Å². The van der Waals surface area contributed by atoms with E-state index >= 15 is 0 Å². The third-order valence-electron chi connectivity index (χ3n) is 2.31. The molecule has 0 unspecified atom stereocenters. The van der Waals surface area contributed by atoms with Crippen molar-refractivity contribution in [3.8, 4) is 0 Å². The van der Waals surface area contributed by atoms with Gasteiger partial charge in [0.1, 0.15) is 0 Å². The van der Waals surface area contributed by atoms with Crippen molar-refractivity contribution in [2.45, 2.75) is 13.8 Å². The molecule has 0 radical (unpaired) electrons. The number of hydrogen-bond acceptors (Lipinski definition) is 3. The summed E-state index contributed by atoms with van der Waals surface area (Å²) in [5, 5.41) is 8.85. The number of rotatable bonds is 2. The van der Waals surface area contributed by atoms with Crippen molar-refractivity contribution in [2.24, 2.45) is 0 Å². The second kappa shape index (κ2) is 4.44. The fourth-order valence-corrected chi connectivity index (χ4v) is 1.49. The number of aromatic carboxylic acids is 1. The Bertz CT molecular complexity index is 426. The molecule has 4 nitrogen and oxygen atoms in total. The lowest BCUT2D eigenvalue weighted by Crippen LogP contribution is -2.07. The monoisotopic (exact) mass is 272 g/mol. The van der Waals surface area contributed by atoms with Crippen LogP contribution in [0.15, 0.2) is 12.1 Å². The molecule has 1 aromatic carbocycles. The van der Waals surface area contributed by atoms with Gasteiger partial charge in [-0.05, 0) is 37.1 Å². The van der Waals surface area contributed by atoms with Gasteiger partial charge in [0, 0.05) is 0 Å². The van der Waals surface area contributed by atoms with E-state index in [9.17, 15) is 9.59 Å². The van der Waals surface area contributed by atoms with Gasteiger partial charge in [0.25, 0.3) is 0 Å². The van der Waals surface area contributed by atoms with Crippen LogP contribution in [0.1, 0.15) is 31.8 Å². The van der Waals surface area contributed by atoms with Gasteiger partial charge in [-0.3, -0.25) is 0 Å². The van der Waals surface area contributed by atoms with Gasteiger partial charge in [-0.15, -0.1) is 0 Å². The zero-order chi connectivity index (χ0) is 11.6. The molecule has 0 heterocycles. The lowest BCUT2D eigenvalue weighted by atomic mass is 9.98. The Labute approximate surface area is 95.3 Å². The lowest BCUT2D eigenvalue weighted by molar-refractivity contribution is 0.0693. The van der Waals surface area contributed by atoms with Crippen molar-refractivity contribution in [3.63, 3.8) is 0 Å². The van der Waals surface area contributed by atoms with Gasteiger partial charge in [0.15, 0.2) is 16.3 Å². The zero-order valence-electron chi connectivity index (χ0n) is 8.20. The first-order valence-electron chi connectivity index (χ1n) is 4.15. The van der Waals surface area contributed by atoms with Crippen LogP contribution in [0.5, 0.6) is 0 Å². The Morgan fingerprint density at radius 1 is 1.20 bits per heavy atom. The minimum absolute atomic E-state index is 0.193. The van der Waals surface area contributed by atoms with Gasteiger partial charge in [-0.2, -0.15) is 0 Å². The molecule has 0 amide bonds. The molecule has 0 spiro atoms. The van der Waals surface area contributed by atoms with Crippen LogP contribution in [0.3, 0.4) is 0 Å². The Balaban J connectivity index is 3.33. The van der Waals surface area contributed by atoms with Crippen molar-refractivity contribution in [1.29, 1.82) is 0 Å². The standard InChI is InChI=1S/C10H9BrO4/c1-5-6(2)8(10(14)15-11)4-3-7(5)9(12)13/h3-4H,1-2H3,(H,12,13). The van der Waals surface area contributed by atoms with E-state index in [0.717, 1.165) is 0 Å². The second-order valence-electron chi connectivity index (χ2n) is 3.08. The molecule has 15 heavy (non-hydrogen) atoms. The van der Waals surface area contributed by atoms with Crippen LogP contribution < -0.4 is 0 Å². The molecule has 1 N–H and O–H groups in total. The van der Waals surface area contributed by atoms with E-state index in [2.05, 4.69) is 20.1 Å². The predicted molar refractivity (Wildman–Crippen MR) is 57.2 cm³/mol. The maximum Gasteiger partial charge on any atom is 0.349 e. The molecule has 0 saturated carbocycles. The maximum atomic E-state index is 11.3. The molecule has 0 atom stereocenters. The van der Waals surface area contributed by atoms with Crippen LogP contribution in [0.4, 0.5) is 0 Å². The first-order valence-corrected chi connectivity index (χ1v) is 4.80. The summed E-state index contributed by atoms with van der Waals surface area (Å²) in [6, 6.07) is 2.83. The summed E-state index contributed by atoms with van der Waals surface area (Å²) in [6.45, 7) is 3.34. The third kappa shape index (κ3) is 2.18. The summed E-state index contributed by atoms with van der Waals surface area (Å²) in [5.74, 6) is -1.54. The van der Waals surface area contributed by atoms with E-state index in [1.807, 2.05) is 0 Å². The number of halogens is 1. The van der Waals surface area contributed by atoms with Crippen LogP contribution in [-0.2, 0) is 3.83 Å². The minimum atomic E-state index is -1.01. The molecule has 0 aliphatic carbocycles. The van der Waals surface area contributed by atoms with Gasteiger partial charge in [0.05, 0.1) is 11.1 Å². The predicted octanol–water partition coefficient (Wildman–Crippen LogP) is 2.47. The SMILES string of the molecule is Cc1c(C(=O)O)ccc(C(=O)OBr)c1C. The molecule has 1 aromatic rings. The topological polar surface area (TPSA) is 63.6 Å². The lowest BCUT2D eigenvalue weighted by Gasteiger charge is -2.08. The third-order valence-corrected chi connectivity index (χ3v) is 2.60. The van der Waals surface area contributed by atoms with E-state index in [1.165, 1.54) is 12.1 Å². The fourth-order valence-electron chi connectivity index (χ4n) is 1.32. The van der Waals surface area contributed by atoms with E-state index in [-0.39, 0.29) is 5.56 Å². The van der Waals surface area contributed by atoms with E-state index < -0.39 is 11.9 Å². The molecule has 0 bridgehead atoms. The van der Waals surface area contributed by atoms with Crippen LogP contribution >= 0.6 is 16.3 Å². The van der Waals surface area contributed by atoms with Gasteiger partial charge in [-0.1, -0.05) is 0 Å². The number of hydrogen-bond donors (Lipinski definition) is 1. The number of carboxylic acid groups (broad SMARTS) is 1. The fraction of sp³-hybridized carbons (Fsp3) is 0.200. The highest BCUT2D eigenvalue weighted by Gasteiger charge is 2.16. The molecule has 0 aliphatic heterocycles. The van der Waals surface area contributed by atoms with E-state index in [1.54, 1.807) is 13.8 Å². The largest absolute Gasteiger partial charge is 0.478 e. The Hall–Kier alpha value is -1.36. The number of carboxylic acids is 1. The molecule has 0 saturated heterocycles. The molecular weight excluding hydrogens is 264 g/mol. The molecule has 0 fully saturated rings. The van der Waals surface area contributed by atoms with Crippen molar-refractivity contribution in [1.82, 2.24) is 0 Å². The highest BCUT2D eigenvalue weighted by molar-refractivity contribution is 9.06. The summed E-state index contributed by atoms with van der Waals surface area (Å²) >= 11 is 2.59. The molecule has 0 aromatic heterocycles. The van der Waals surface area contributed by atoms with Crippen LogP contribution in [-0.4, -0.2) is 17.0 Å². The van der Waals surface area contributed by atoms with Crippen molar-refractivity contribution >= 4 is 28.2 Å². The maximum absolute atomic E-state index is 11.3. The normalized spacial score (nSPS) is 9.80. The van der Waals surface area contributed by atoms with Gasteiger partial charge in [0.2, 0.25) is 0 Å². The van der Waals surface area contributed by atoms with Gasteiger partial charge in [-0.25, -0.2) is 9.59 Å². The van der Waals surface area contributed by atoms with Crippen LogP contribution in [0, 0.1) is 13.8 Å². The number of benzene rings is 1. The first kappa shape index (κ1) is 11.7. The smallest absolute Gasteiger partial charge is 0.349 e. The number of carbonyl (C=O) groups is 2. The van der Waals surface area contributed by atoms with Crippen molar-refractivity contribution < 1.29 is 18.5 Å². The van der Waals surface area contributed by atoms with Crippen LogP contribution in [0.2, 0.25) is 0 Å². The van der Waals surface area contributed by atoms with E-state index in [0.29, 0.717) is 16.7 Å². The Morgan fingerprint density at radius 2 is 1.67 bits per heavy atom. The average Bonchev–Trinajstić information content (AvgIpc) is 2.20. The summed E-state index contributed by atoms with van der Waals surface area (Å²) in [6.07, 6.45) is 0. The Kier molecular flexibility index (Phi) is 3.47. The second-order valence-corrected chi connectivity index (χ2v) is 3.40. The summed E-state index contributed by atoms with van der Waals surface area (Å²) in [4.78, 5) is 22.1. The summed E-state index contributed by atoms with van der Waals surface area (Å²) < 4.78 is 4.40. The first-order chi connectivity index (χ1) is 6.99. The minimum Gasteiger partial charge on any atom is -0.478 e. The van der Waals surface area contributed by atoms with Crippen molar-refractivity contribution in [3.05, 3.63) is 34.4 Å². The molecule has 0 aliphatic rings. The summed E-state index contributed by atoms with van der Waals surface area (Å²) in [7, 11) is 0. The summed E-state index contributed by atoms with van der Waals surface area (Å²) in [5.41, 5.74) is 1.73. The zero-order valence-corrected chi connectivity index (χ0v) is 9.79. The van der Waals surface area contributed by atoms with Gasteiger partial charge >= 0.3 is 11.9 Å². The quantitative estimate of drug-likeness (QED) is 0.899. The molecule has 5 heteroatoms. The van der Waals surface area contributed by atoms with E-state index in [4.69, 9.17) is 5.11 Å². The highest BCUT2D eigenvalue weighted by atomic mass is 79.9. The average molecular weight is 273 g/mol. The van der Waals surface area contributed by atoms with Crippen LogP contribution in [0.25, 0.3) is 0 Å².